The highest BCUT2D eigenvalue weighted by atomic mass is 35.5. The smallest absolute Gasteiger partial charge is 0.136 e. The topological polar surface area (TPSA) is 38.7 Å². The van der Waals surface area contributed by atoms with Gasteiger partial charge < -0.3 is 0 Å². The van der Waals surface area contributed by atoms with E-state index in [9.17, 15) is 0 Å². The van der Waals surface area contributed by atoms with Crippen molar-refractivity contribution in [2.45, 2.75) is 0 Å². The number of rotatable bonds is 1. The van der Waals surface area contributed by atoms with Crippen LogP contribution in [0.25, 0.3) is 11.1 Å². The van der Waals surface area contributed by atoms with Crippen LogP contribution in [-0.4, -0.2) is 15.0 Å². The Bertz CT molecular complexity index is 403. The predicted octanol–water partition coefficient (Wildman–Crippen LogP) is 2.19. The highest BCUT2D eigenvalue weighted by Gasteiger charge is 2.02. The molecule has 2 heterocycles. The van der Waals surface area contributed by atoms with Gasteiger partial charge in [0.05, 0.1) is 0 Å². The Labute approximate surface area is 80.5 Å². The van der Waals surface area contributed by atoms with Gasteiger partial charge in [-0.3, -0.25) is 0 Å². The van der Waals surface area contributed by atoms with E-state index in [0.717, 1.165) is 11.1 Å². The summed E-state index contributed by atoms with van der Waals surface area (Å²) in [5.74, 6) is 0. The molecule has 2 rings (SSSR count). The largest absolute Gasteiger partial charge is 0.244 e. The fourth-order valence-electron chi connectivity index (χ4n) is 1.04. The average molecular weight is 192 g/mol. The van der Waals surface area contributed by atoms with Crippen LogP contribution in [-0.2, 0) is 0 Å². The highest BCUT2D eigenvalue weighted by Crippen LogP contribution is 2.23. The molecule has 0 saturated carbocycles. The second kappa shape index (κ2) is 3.49. The first-order chi connectivity index (χ1) is 6.38. The van der Waals surface area contributed by atoms with Crippen molar-refractivity contribution in [3.05, 3.63) is 42.2 Å². The lowest BCUT2D eigenvalue weighted by molar-refractivity contribution is 1.17. The van der Waals surface area contributed by atoms with Gasteiger partial charge in [0.1, 0.15) is 11.5 Å². The molecule has 2 aromatic heterocycles. The van der Waals surface area contributed by atoms with Gasteiger partial charge in [0, 0.05) is 29.7 Å². The maximum atomic E-state index is 5.89. The number of halogens is 1. The monoisotopic (exact) mass is 191 g/mol. The highest BCUT2D eigenvalue weighted by molar-refractivity contribution is 6.32. The molecule has 0 bridgehead atoms. The van der Waals surface area contributed by atoms with E-state index in [0.29, 0.717) is 5.15 Å². The van der Waals surface area contributed by atoms with E-state index in [1.54, 1.807) is 18.6 Å². The molecule has 13 heavy (non-hydrogen) atoms. The van der Waals surface area contributed by atoms with Crippen molar-refractivity contribution in [1.29, 1.82) is 0 Å². The van der Waals surface area contributed by atoms with E-state index in [1.807, 2.05) is 12.1 Å². The third-order valence-electron chi connectivity index (χ3n) is 1.63. The summed E-state index contributed by atoms with van der Waals surface area (Å²) in [4.78, 5) is 11.8. The molecule has 0 unspecified atom stereocenters. The second-order valence-corrected chi connectivity index (χ2v) is 2.83. The molecule has 4 heteroatoms. The zero-order valence-electron chi connectivity index (χ0n) is 6.68. The van der Waals surface area contributed by atoms with Crippen molar-refractivity contribution in [3.63, 3.8) is 0 Å². The van der Waals surface area contributed by atoms with Crippen LogP contribution in [0.15, 0.2) is 37.1 Å². The van der Waals surface area contributed by atoms with Crippen molar-refractivity contribution in [2.24, 2.45) is 0 Å². The molecule has 0 saturated heterocycles. The standard InChI is InChI=1S/C9H6ClN3/c10-9-8(2-1-3-13-9)7-4-11-6-12-5-7/h1-6H. The van der Waals surface area contributed by atoms with Crippen LogP contribution >= 0.6 is 11.6 Å². The van der Waals surface area contributed by atoms with E-state index in [-0.39, 0.29) is 0 Å². The van der Waals surface area contributed by atoms with Gasteiger partial charge in [0.25, 0.3) is 0 Å². The SMILES string of the molecule is Clc1ncccc1-c1cncnc1. The summed E-state index contributed by atoms with van der Waals surface area (Å²) in [5, 5.41) is 0.470. The van der Waals surface area contributed by atoms with Crippen LogP contribution in [0.5, 0.6) is 0 Å². The van der Waals surface area contributed by atoms with Crippen LogP contribution in [0.3, 0.4) is 0 Å². The van der Waals surface area contributed by atoms with Gasteiger partial charge in [-0.1, -0.05) is 11.6 Å². The van der Waals surface area contributed by atoms with E-state index in [2.05, 4.69) is 15.0 Å². The molecule has 0 aromatic carbocycles. The Balaban J connectivity index is 2.54. The van der Waals surface area contributed by atoms with Gasteiger partial charge in [0.2, 0.25) is 0 Å². The molecule has 0 fully saturated rings. The third-order valence-corrected chi connectivity index (χ3v) is 1.93. The number of nitrogens with zero attached hydrogens (tertiary/aromatic N) is 3. The zero-order valence-corrected chi connectivity index (χ0v) is 7.44. The van der Waals surface area contributed by atoms with Crippen LogP contribution in [0.4, 0.5) is 0 Å². The van der Waals surface area contributed by atoms with Gasteiger partial charge in [-0.25, -0.2) is 15.0 Å². The van der Waals surface area contributed by atoms with Crippen molar-refractivity contribution in [3.8, 4) is 11.1 Å². The van der Waals surface area contributed by atoms with Gasteiger partial charge in [0.15, 0.2) is 0 Å². The molecule has 0 radical (unpaired) electrons. The van der Waals surface area contributed by atoms with E-state index >= 15 is 0 Å². The van der Waals surface area contributed by atoms with E-state index in [1.165, 1.54) is 6.33 Å². The third kappa shape index (κ3) is 1.65. The van der Waals surface area contributed by atoms with E-state index < -0.39 is 0 Å². The minimum Gasteiger partial charge on any atom is -0.244 e. The second-order valence-electron chi connectivity index (χ2n) is 2.47. The van der Waals surface area contributed by atoms with Gasteiger partial charge in [-0.05, 0) is 12.1 Å². The van der Waals surface area contributed by atoms with Crippen molar-refractivity contribution in [2.75, 3.05) is 0 Å². The molecule has 0 spiro atoms. The summed E-state index contributed by atoms with van der Waals surface area (Å²) in [6.07, 6.45) is 6.54. The summed E-state index contributed by atoms with van der Waals surface area (Å²) in [6.45, 7) is 0. The first kappa shape index (κ1) is 8.13. The van der Waals surface area contributed by atoms with Gasteiger partial charge >= 0.3 is 0 Å². The lowest BCUT2D eigenvalue weighted by atomic mass is 10.2. The molecule has 0 aliphatic heterocycles. The molecule has 64 valence electrons. The Morgan fingerprint density at radius 3 is 2.62 bits per heavy atom. The number of aromatic nitrogens is 3. The summed E-state index contributed by atoms with van der Waals surface area (Å²) in [6, 6.07) is 3.71. The molecular weight excluding hydrogens is 186 g/mol. The average Bonchev–Trinajstić information content (AvgIpc) is 2.20. The number of hydrogen-bond donors (Lipinski definition) is 0. The molecule has 2 aromatic rings. The van der Waals surface area contributed by atoms with Crippen LogP contribution < -0.4 is 0 Å². The lowest BCUT2D eigenvalue weighted by Crippen LogP contribution is -1.84. The molecule has 0 atom stereocenters. The maximum absolute atomic E-state index is 5.89. The van der Waals surface area contributed by atoms with Crippen LogP contribution in [0, 0.1) is 0 Å². The minimum atomic E-state index is 0.470. The molecule has 3 nitrogen and oxygen atoms in total. The first-order valence-corrected chi connectivity index (χ1v) is 4.11. The Kier molecular flexibility index (Phi) is 2.19. The van der Waals surface area contributed by atoms with Gasteiger partial charge in [-0.2, -0.15) is 0 Å². The van der Waals surface area contributed by atoms with Crippen LogP contribution in [0.1, 0.15) is 0 Å². The zero-order chi connectivity index (χ0) is 9.10. The van der Waals surface area contributed by atoms with Crippen LogP contribution in [0.2, 0.25) is 5.15 Å². The Morgan fingerprint density at radius 1 is 1.15 bits per heavy atom. The maximum Gasteiger partial charge on any atom is 0.136 e. The molecule has 0 aliphatic rings. The summed E-state index contributed by atoms with van der Waals surface area (Å²) < 4.78 is 0. The van der Waals surface area contributed by atoms with Crippen molar-refractivity contribution < 1.29 is 0 Å². The fourth-order valence-corrected chi connectivity index (χ4v) is 1.27. The summed E-state index contributed by atoms with van der Waals surface area (Å²) in [5.41, 5.74) is 1.73. The first-order valence-electron chi connectivity index (χ1n) is 3.74. The van der Waals surface area contributed by atoms with Gasteiger partial charge in [-0.15, -0.1) is 0 Å². The number of pyridine rings is 1. The number of hydrogen-bond acceptors (Lipinski definition) is 3. The molecule has 0 aliphatic carbocycles. The van der Waals surface area contributed by atoms with E-state index in [4.69, 9.17) is 11.6 Å². The fraction of sp³-hybridized carbons (Fsp3) is 0. The lowest BCUT2D eigenvalue weighted by Gasteiger charge is -2.00. The Hall–Kier alpha value is -1.48. The quantitative estimate of drug-likeness (QED) is 0.649. The summed E-state index contributed by atoms with van der Waals surface area (Å²) >= 11 is 5.89. The molecular formula is C9H6ClN3. The Morgan fingerprint density at radius 2 is 1.92 bits per heavy atom. The molecule has 0 N–H and O–H groups in total. The molecule has 0 amide bonds. The normalized spacial score (nSPS) is 9.92. The van der Waals surface area contributed by atoms with Crippen molar-refractivity contribution >= 4 is 11.6 Å². The minimum absolute atomic E-state index is 0.470. The van der Waals surface area contributed by atoms with Crippen molar-refractivity contribution in [1.82, 2.24) is 15.0 Å². The summed E-state index contributed by atoms with van der Waals surface area (Å²) in [7, 11) is 0. The predicted molar refractivity (Wildman–Crippen MR) is 50.3 cm³/mol.